The number of ether oxygens (including phenoxy) is 2. The van der Waals surface area contributed by atoms with E-state index in [2.05, 4.69) is 45.1 Å². The summed E-state index contributed by atoms with van der Waals surface area (Å²) >= 11 is 7.03. The van der Waals surface area contributed by atoms with Crippen LogP contribution in [0.25, 0.3) is 6.08 Å². The van der Waals surface area contributed by atoms with E-state index < -0.39 is 12.0 Å². The number of benzene rings is 2. The molecule has 0 amide bonds. The smallest absolute Gasteiger partial charge is 0.338 e. The molecular weight excluding hydrogens is 643 g/mol. The fraction of sp³-hybridized carbons (Fsp3) is 0.192. The number of esters is 1. The number of carbonyl (C=O) groups excluding carboxylic acids is 1. The number of aromatic nitrogens is 1. The van der Waals surface area contributed by atoms with Crippen molar-refractivity contribution in [2.24, 2.45) is 4.99 Å². The lowest BCUT2D eigenvalue weighted by atomic mass is 9.95. The van der Waals surface area contributed by atoms with Crippen molar-refractivity contribution in [3.05, 3.63) is 105 Å². The van der Waals surface area contributed by atoms with E-state index in [0.717, 1.165) is 19.2 Å². The first kappa shape index (κ1) is 25.6. The standard InChI is InChI=1S/C26H22BrIN2O4S/c1-4-11-34-23-16(12-17(27)14-18(23)28)13-20-24(31)30-22(15-9-7-6-8-10-15)21(25(32)33-3)19(5-2)29-26(30)35-20/h4,6-10,12-14,22H,1,5,11H2,2-3H3/b20-13+/t22-/m1/s1. The van der Waals surface area contributed by atoms with Crippen LogP contribution >= 0.6 is 49.9 Å². The third-order valence-corrected chi connectivity index (χ3v) is 7.68. The van der Waals surface area contributed by atoms with E-state index in [1.807, 2.05) is 55.5 Å². The van der Waals surface area contributed by atoms with Gasteiger partial charge in [0.05, 0.1) is 32.5 Å². The Morgan fingerprint density at radius 2 is 2.06 bits per heavy atom. The van der Waals surface area contributed by atoms with Crippen molar-refractivity contribution in [2.45, 2.75) is 19.4 Å². The van der Waals surface area contributed by atoms with E-state index in [1.54, 1.807) is 10.6 Å². The van der Waals surface area contributed by atoms with Crippen LogP contribution in [0, 0.1) is 3.57 Å². The second-order valence-corrected chi connectivity index (χ2v) is 10.7. The number of thiazole rings is 1. The van der Waals surface area contributed by atoms with Gasteiger partial charge in [0.15, 0.2) is 4.80 Å². The Bertz CT molecular complexity index is 1510. The molecule has 1 aromatic heterocycles. The first-order chi connectivity index (χ1) is 16.9. The van der Waals surface area contributed by atoms with Gasteiger partial charge in [-0.2, -0.15) is 0 Å². The first-order valence-electron chi connectivity index (χ1n) is 10.8. The molecule has 9 heteroatoms. The maximum Gasteiger partial charge on any atom is 0.338 e. The molecule has 2 aromatic carbocycles. The number of allylic oxidation sites excluding steroid dienone is 1. The van der Waals surface area contributed by atoms with Crippen molar-refractivity contribution in [3.63, 3.8) is 0 Å². The maximum absolute atomic E-state index is 13.8. The molecule has 0 saturated carbocycles. The van der Waals surface area contributed by atoms with Gasteiger partial charge in [0.1, 0.15) is 12.4 Å². The van der Waals surface area contributed by atoms with Gasteiger partial charge in [-0.25, -0.2) is 9.79 Å². The van der Waals surface area contributed by atoms with Gasteiger partial charge in [0.25, 0.3) is 5.56 Å². The predicted octanol–water partition coefficient (Wildman–Crippen LogP) is 4.73. The lowest BCUT2D eigenvalue weighted by Gasteiger charge is -2.25. The minimum Gasteiger partial charge on any atom is -0.488 e. The van der Waals surface area contributed by atoms with Crippen molar-refractivity contribution in [2.75, 3.05) is 13.7 Å². The molecule has 1 aliphatic heterocycles. The highest BCUT2D eigenvalue weighted by Gasteiger charge is 2.33. The van der Waals surface area contributed by atoms with E-state index in [9.17, 15) is 9.59 Å². The summed E-state index contributed by atoms with van der Waals surface area (Å²) < 4.78 is 14.9. The number of methoxy groups -OCH3 is 1. The van der Waals surface area contributed by atoms with Gasteiger partial charge in [-0.15, -0.1) is 0 Å². The van der Waals surface area contributed by atoms with Crippen LogP contribution in [-0.2, 0) is 9.53 Å². The molecule has 180 valence electrons. The van der Waals surface area contributed by atoms with Gasteiger partial charge in [-0.1, -0.05) is 77.2 Å². The van der Waals surface area contributed by atoms with Crippen LogP contribution in [0.1, 0.15) is 30.5 Å². The highest BCUT2D eigenvalue weighted by atomic mass is 127. The zero-order valence-electron chi connectivity index (χ0n) is 19.1. The van der Waals surface area contributed by atoms with Crippen molar-refractivity contribution >= 4 is 61.9 Å². The molecule has 0 radical (unpaired) electrons. The Labute approximate surface area is 228 Å². The average molecular weight is 665 g/mol. The summed E-state index contributed by atoms with van der Waals surface area (Å²) in [6.07, 6.45) is 4.02. The molecule has 0 fully saturated rings. The number of halogens is 2. The molecule has 1 atom stereocenters. The van der Waals surface area contributed by atoms with Crippen LogP contribution in [-0.4, -0.2) is 24.3 Å². The zero-order chi connectivity index (χ0) is 25.1. The summed E-state index contributed by atoms with van der Waals surface area (Å²) in [5.74, 6) is 0.180. The summed E-state index contributed by atoms with van der Waals surface area (Å²) in [7, 11) is 1.34. The molecule has 0 aliphatic carbocycles. The third kappa shape index (κ3) is 5.07. The second-order valence-electron chi connectivity index (χ2n) is 7.60. The summed E-state index contributed by atoms with van der Waals surface area (Å²) in [4.78, 5) is 31.9. The van der Waals surface area contributed by atoms with Gasteiger partial charge in [0, 0.05) is 10.0 Å². The molecular formula is C26H22BrIN2O4S. The van der Waals surface area contributed by atoms with Gasteiger partial charge < -0.3 is 9.47 Å². The number of carbonyl (C=O) groups is 1. The largest absolute Gasteiger partial charge is 0.488 e. The Kier molecular flexibility index (Phi) is 8.08. The minimum atomic E-state index is -0.629. The topological polar surface area (TPSA) is 69.9 Å². The van der Waals surface area contributed by atoms with Gasteiger partial charge in [0.2, 0.25) is 0 Å². The third-order valence-electron chi connectivity index (χ3n) is 5.43. The fourth-order valence-corrected chi connectivity index (χ4v) is 6.66. The Hall–Kier alpha value is -2.50. The maximum atomic E-state index is 13.8. The Balaban J connectivity index is 1.99. The fourth-order valence-electron chi connectivity index (χ4n) is 3.94. The van der Waals surface area contributed by atoms with Gasteiger partial charge in [-0.3, -0.25) is 9.36 Å². The second kappa shape index (κ2) is 11.0. The summed E-state index contributed by atoms with van der Waals surface area (Å²) in [6.45, 7) is 6.00. The number of fused-ring (bicyclic) bond motifs is 1. The molecule has 0 spiro atoms. The summed E-state index contributed by atoms with van der Waals surface area (Å²) in [6, 6.07) is 12.7. The molecule has 0 bridgehead atoms. The van der Waals surface area contributed by atoms with Crippen molar-refractivity contribution in [1.82, 2.24) is 4.57 Å². The van der Waals surface area contributed by atoms with Crippen LogP contribution in [0.3, 0.4) is 0 Å². The Morgan fingerprint density at radius 1 is 1.31 bits per heavy atom. The lowest BCUT2D eigenvalue weighted by molar-refractivity contribution is -0.136. The normalized spacial score (nSPS) is 15.4. The number of rotatable bonds is 7. The summed E-state index contributed by atoms with van der Waals surface area (Å²) in [5.41, 5.74) is 2.34. The van der Waals surface area contributed by atoms with Crippen molar-refractivity contribution in [3.8, 4) is 5.75 Å². The zero-order valence-corrected chi connectivity index (χ0v) is 23.6. The highest BCUT2D eigenvalue weighted by Crippen LogP contribution is 2.32. The molecule has 2 heterocycles. The monoisotopic (exact) mass is 664 g/mol. The number of hydrogen-bond donors (Lipinski definition) is 0. The van der Waals surface area contributed by atoms with Crippen LogP contribution in [0.2, 0.25) is 0 Å². The van der Waals surface area contributed by atoms with Crippen LogP contribution < -0.4 is 19.6 Å². The number of nitrogens with zero attached hydrogens (tertiary/aromatic N) is 2. The summed E-state index contributed by atoms with van der Waals surface area (Å²) in [5, 5.41) is 0. The SMILES string of the molecule is C=CCOc1c(I)cc(Br)cc1/C=c1/sc2n(c1=O)[C@H](c1ccccc1)C(C(=O)OC)=C(CC)N=2. The molecule has 6 nitrogen and oxygen atoms in total. The molecule has 3 aromatic rings. The average Bonchev–Trinajstić information content (AvgIpc) is 3.16. The molecule has 0 N–H and O–H groups in total. The molecule has 35 heavy (non-hydrogen) atoms. The predicted molar refractivity (Wildman–Crippen MR) is 149 cm³/mol. The molecule has 0 unspecified atom stereocenters. The van der Waals surface area contributed by atoms with Crippen LogP contribution in [0.4, 0.5) is 0 Å². The van der Waals surface area contributed by atoms with Crippen LogP contribution in [0.5, 0.6) is 5.75 Å². The van der Waals surface area contributed by atoms with E-state index >= 15 is 0 Å². The Morgan fingerprint density at radius 3 is 2.71 bits per heavy atom. The quantitative estimate of drug-likeness (QED) is 0.208. The van der Waals surface area contributed by atoms with Gasteiger partial charge in [-0.05, 0) is 52.8 Å². The molecule has 4 rings (SSSR count). The van der Waals surface area contributed by atoms with Gasteiger partial charge >= 0.3 is 5.97 Å². The number of hydrogen-bond acceptors (Lipinski definition) is 6. The lowest BCUT2D eigenvalue weighted by Crippen LogP contribution is -2.40. The van der Waals surface area contributed by atoms with Crippen molar-refractivity contribution < 1.29 is 14.3 Å². The highest BCUT2D eigenvalue weighted by molar-refractivity contribution is 14.1. The van der Waals surface area contributed by atoms with E-state index in [4.69, 9.17) is 14.5 Å². The van der Waals surface area contributed by atoms with E-state index in [1.165, 1.54) is 18.4 Å². The van der Waals surface area contributed by atoms with E-state index in [-0.39, 0.29) is 5.56 Å². The first-order valence-corrected chi connectivity index (χ1v) is 13.5. The van der Waals surface area contributed by atoms with Crippen LogP contribution in [0.15, 0.2) is 80.6 Å². The van der Waals surface area contributed by atoms with Crippen molar-refractivity contribution in [1.29, 1.82) is 0 Å². The minimum absolute atomic E-state index is 0.233. The molecule has 0 saturated heterocycles. The van der Waals surface area contributed by atoms with E-state index in [0.29, 0.717) is 39.4 Å². The molecule has 1 aliphatic rings.